The summed E-state index contributed by atoms with van der Waals surface area (Å²) in [7, 11) is 0. The minimum absolute atomic E-state index is 0.135. The van der Waals surface area contributed by atoms with Crippen LogP contribution in [0.2, 0.25) is 0 Å². The van der Waals surface area contributed by atoms with Gasteiger partial charge in [-0.25, -0.2) is 4.39 Å². The van der Waals surface area contributed by atoms with Crippen molar-refractivity contribution in [3.8, 4) is 0 Å². The molecule has 0 heterocycles. The zero-order chi connectivity index (χ0) is 25.5. The van der Waals surface area contributed by atoms with E-state index in [0.29, 0.717) is 23.7 Å². The van der Waals surface area contributed by atoms with E-state index >= 15 is 0 Å². The van der Waals surface area contributed by atoms with Crippen LogP contribution in [0.5, 0.6) is 0 Å². The maximum absolute atomic E-state index is 14.7. The Hall–Kier alpha value is -3.89. The maximum atomic E-state index is 14.7. The standard InChI is InChI=1S/C30H33FN4O/c1-3-5-10-29(36)34-19-21-8-6-7-9-27(21)28(4-2)35-30(13-14-30)24-15-22(16-25(31)17-24)23(18-32)20-33-26-11-12-26/h5-10,15-18,20,26,35H,2-3,11-14,19,32H2,1H3,(H,34,36)/b10-5+,23-18+,33-20?. The van der Waals surface area contributed by atoms with Crippen molar-refractivity contribution in [1.82, 2.24) is 10.6 Å². The first kappa shape index (κ1) is 25.2. The first-order chi connectivity index (χ1) is 17.5. The average Bonchev–Trinajstić information content (AvgIpc) is 3.82. The Balaban J connectivity index is 1.56. The molecule has 2 saturated carbocycles. The van der Waals surface area contributed by atoms with Gasteiger partial charge in [0.15, 0.2) is 0 Å². The monoisotopic (exact) mass is 484 g/mol. The van der Waals surface area contributed by atoms with Crippen LogP contribution in [0.25, 0.3) is 11.3 Å². The van der Waals surface area contributed by atoms with Gasteiger partial charge in [0.25, 0.3) is 0 Å². The number of halogens is 1. The Morgan fingerprint density at radius 2 is 2.06 bits per heavy atom. The summed E-state index contributed by atoms with van der Waals surface area (Å²) in [6, 6.07) is 13.2. The third-order valence-electron chi connectivity index (χ3n) is 6.47. The van der Waals surface area contributed by atoms with Crippen molar-refractivity contribution in [2.75, 3.05) is 0 Å². The number of carbonyl (C=O) groups excluding carboxylic acids is 1. The average molecular weight is 485 g/mol. The SMILES string of the molecule is C=C=C(NC1(c2cc(F)cc(/C(C=NC3CC3)=C/N)c2)CC1)c1ccccc1CNC(=O)/C=C/CC. The van der Waals surface area contributed by atoms with Gasteiger partial charge < -0.3 is 16.4 Å². The van der Waals surface area contributed by atoms with Crippen LogP contribution in [0, 0.1) is 5.82 Å². The lowest BCUT2D eigenvalue weighted by atomic mass is 9.97. The van der Waals surface area contributed by atoms with E-state index in [1.165, 1.54) is 12.3 Å². The fraction of sp³-hybridized carbons (Fsp3) is 0.300. The quantitative estimate of drug-likeness (QED) is 0.229. The fourth-order valence-electron chi connectivity index (χ4n) is 4.10. The molecular weight excluding hydrogens is 451 g/mol. The molecule has 0 aromatic heterocycles. The molecule has 36 heavy (non-hydrogen) atoms. The first-order valence-electron chi connectivity index (χ1n) is 12.5. The number of hydrogen-bond acceptors (Lipinski definition) is 4. The van der Waals surface area contributed by atoms with E-state index < -0.39 is 5.54 Å². The summed E-state index contributed by atoms with van der Waals surface area (Å²) in [5.41, 5.74) is 13.3. The number of carbonyl (C=O) groups is 1. The minimum Gasteiger partial charge on any atom is -0.404 e. The molecule has 0 spiro atoms. The summed E-state index contributed by atoms with van der Waals surface area (Å²) < 4.78 is 14.7. The van der Waals surface area contributed by atoms with Gasteiger partial charge in [-0.2, -0.15) is 0 Å². The van der Waals surface area contributed by atoms with Crippen LogP contribution in [0.3, 0.4) is 0 Å². The predicted molar refractivity (Wildman–Crippen MR) is 144 cm³/mol. The summed E-state index contributed by atoms with van der Waals surface area (Å²) in [4.78, 5) is 16.6. The highest BCUT2D eigenvalue weighted by Gasteiger charge is 2.45. The third-order valence-corrected chi connectivity index (χ3v) is 6.47. The van der Waals surface area contributed by atoms with Gasteiger partial charge in [-0.15, -0.1) is 5.73 Å². The van der Waals surface area contributed by atoms with E-state index in [2.05, 4.69) is 27.9 Å². The lowest BCUT2D eigenvalue weighted by molar-refractivity contribution is -0.116. The molecule has 2 fully saturated rings. The van der Waals surface area contributed by atoms with Crippen molar-refractivity contribution < 1.29 is 9.18 Å². The summed E-state index contributed by atoms with van der Waals surface area (Å²) in [5.74, 6) is -0.453. The number of benzene rings is 2. The van der Waals surface area contributed by atoms with Crippen LogP contribution in [-0.4, -0.2) is 18.2 Å². The minimum atomic E-state index is -0.426. The zero-order valence-electron chi connectivity index (χ0n) is 20.7. The number of nitrogens with zero attached hydrogens (tertiary/aromatic N) is 1. The van der Waals surface area contributed by atoms with E-state index in [-0.39, 0.29) is 11.7 Å². The number of hydrogen-bond donors (Lipinski definition) is 3. The Labute approximate surface area is 212 Å². The van der Waals surface area contributed by atoms with E-state index in [1.54, 1.807) is 18.4 Å². The second-order valence-corrected chi connectivity index (χ2v) is 9.30. The zero-order valence-corrected chi connectivity index (χ0v) is 20.7. The highest BCUT2D eigenvalue weighted by molar-refractivity contribution is 6.09. The van der Waals surface area contributed by atoms with Crippen molar-refractivity contribution >= 4 is 23.4 Å². The fourth-order valence-corrected chi connectivity index (χ4v) is 4.10. The number of rotatable bonds is 11. The molecule has 186 valence electrons. The van der Waals surface area contributed by atoms with Gasteiger partial charge in [-0.1, -0.05) is 43.8 Å². The van der Waals surface area contributed by atoms with Crippen molar-refractivity contribution in [2.45, 2.75) is 57.2 Å². The molecule has 2 aliphatic carbocycles. The Morgan fingerprint density at radius 3 is 2.72 bits per heavy atom. The summed E-state index contributed by atoms with van der Waals surface area (Å²) in [5, 5.41) is 6.51. The van der Waals surface area contributed by atoms with Crippen LogP contribution >= 0.6 is 0 Å². The molecule has 0 atom stereocenters. The molecular formula is C30H33FN4O. The number of allylic oxidation sites excluding steroid dienone is 2. The highest BCUT2D eigenvalue weighted by Crippen LogP contribution is 2.47. The van der Waals surface area contributed by atoms with Gasteiger partial charge in [0.2, 0.25) is 5.91 Å². The van der Waals surface area contributed by atoms with Crippen molar-refractivity contribution in [2.24, 2.45) is 10.7 Å². The number of nitrogens with two attached hydrogens (primary N) is 1. The van der Waals surface area contributed by atoms with E-state index in [0.717, 1.165) is 54.5 Å². The first-order valence-corrected chi connectivity index (χ1v) is 12.5. The van der Waals surface area contributed by atoms with Gasteiger partial charge >= 0.3 is 0 Å². The molecule has 0 unspecified atom stereocenters. The highest BCUT2D eigenvalue weighted by atomic mass is 19.1. The van der Waals surface area contributed by atoms with Gasteiger partial charge in [-0.3, -0.25) is 9.79 Å². The molecule has 4 rings (SSSR count). The summed E-state index contributed by atoms with van der Waals surface area (Å²) >= 11 is 0. The predicted octanol–water partition coefficient (Wildman–Crippen LogP) is 5.35. The van der Waals surface area contributed by atoms with Crippen LogP contribution in [0.4, 0.5) is 4.39 Å². The molecule has 0 radical (unpaired) electrons. The summed E-state index contributed by atoms with van der Waals surface area (Å²) in [6.45, 7) is 6.26. The molecule has 4 N–H and O–H groups in total. The van der Waals surface area contributed by atoms with Gasteiger partial charge in [0.1, 0.15) is 5.82 Å². The second kappa shape index (κ2) is 11.2. The van der Waals surface area contributed by atoms with E-state index in [1.807, 2.05) is 43.3 Å². The molecule has 1 amide bonds. The second-order valence-electron chi connectivity index (χ2n) is 9.30. The third kappa shape index (κ3) is 6.21. The largest absolute Gasteiger partial charge is 0.404 e. The van der Waals surface area contributed by atoms with Crippen molar-refractivity contribution in [3.05, 3.63) is 101 Å². The Morgan fingerprint density at radius 1 is 1.28 bits per heavy atom. The lowest BCUT2D eigenvalue weighted by Crippen LogP contribution is -2.28. The molecule has 0 saturated heterocycles. The van der Waals surface area contributed by atoms with Gasteiger partial charge in [0.05, 0.1) is 17.3 Å². The van der Waals surface area contributed by atoms with Crippen LogP contribution in [0.15, 0.2) is 78.1 Å². The molecule has 6 heteroatoms. The van der Waals surface area contributed by atoms with Crippen molar-refractivity contribution in [1.29, 1.82) is 0 Å². The molecule has 2 aromatic rings. The van der Waals surface area contributed by atoms with Crippen LogP contribution < -0.4 is 16.4 Å². The molecule has 2 aromatic carbocycles. The van der Waals surface area contributed by atoms with Gasteiger partial charge in [-0.05, 0) is 73.1 Å². The van der Waals surface area contributed by atoms with Gasteiger partial charge in [0, 0.05) is 30.1 Å². The normalized spacial score (nSPS) is 16.7. The summed E-state index contributed by atoms with van der Waals surface area (Å²) in [6.07, 6.45) is 11.3. The van der Waals surface area contributed by atoms with Crippen LogP contribution in [-0.2, 0) is 16.9 Å². The lowest BCUT2D eigenvalue weighted by Gasteiger charge is -2.23. The Kier molecular flexibility index (Phi) is 7.87. The van der Waals surface area contributed by atoms with Crippen molar-refractivity contribution in [3.63, 3.8) is 0 Å². The Bertz CT molecular complexity index is 1260. The van der Waals surface area contributed by atoms with E-state index in [9.17, 15) is 9.18 Å². The van der Waals surface area contributed by atoms with Crippen LogP contribution in [0.1, 0.15) is 61.3 Å². The number of amides is 1. The van der Waals surface area contributed by atoms with E-state index in [4.69, 9.17) is 5.73 Å². The maximum Gasteiger partial charge on any atom is 0.243 e. The topological polar surface area (TPSA) is 79.5 Å². The number of aliphatic imine (C=N–C) groups is 1. The molecule has 0 aliphatic heterocycles. The molecule has 2 aliphatic rings. The number of nitrogens with one attached hydrogen (secondary N) is 2. The molecule has 5 nitrogen and oxygen atoms in total. The molecule has 0 bridgehead atoms. The smallest absolute Gasteiger partial charge is 0.243 e.